The predicted octanol–water partition coefficient (Wildman–Crippen LogP) is 1.44. The highest BCUT2D eigenvalue weighted by Gasteiger charge is 2.17. The Balaban J connectivity index is 0.00000225. The molecule has 2 heterocycles. The number of halogens is 1. The maximum absolute atomic E-state index is 12.1. The van der Waals surface area contributed by atoms with Gasteiger partial charge < -0.3 is 19.1 Å². The van der Waals surface area contributed by atoms with Gasteiger partial charge in [-0.25, -0.2) is 14.8 Å². The molecule has 10 heteroatoms. The summed E-state index contributed by atoms with van der Waals surface area (Å²) in [5.41, 5.74) is 6.16. The number of hydrogen-bond donors (Lipinski definition) is 2. The Labute approximate surface area is 151 Å². The van der Waals surface area contributed by atoms with E-state index in [1.54, 1.807) is 31.3 Å². The van der Waals surface area contributed by atoms with Crippen LogP contribution < -0.4 is 20.3 Å². The number of hydrogen-bond acceptors (Lipinski definition) is 7. The number of amides is 2. The molecule has 2 aromatic rings. The summed E-state index contributed by atoms with van der Waals surface area (Å²) in [6, 6.07) is 3.29. The van der Waals surface area contributed by atoms with E-state index in [-0.39, 0.29) is 18.4 Å². The van der Waals surface area contributed by atoms with Crippen LogP contribution in [0, 0.1) is 0 Å². The summed E-state index contributed by atoms with van der Waals surface area (Å²) in [7, 11) is 3.12. The number of carbonyl (C=O) groups excluding carboxylic acids is 1. The molecule has 1 aromatic heterocycles. The van der Waals surface area contributed by atoms with Gasteiger partial charge in [0.15, 0.2) is 17.3 Å². The normalized spacial score (nSPS) is 13.8. The van der Waals surface area contributed by atoms with E-state index in [2.05, 4.69) is 20.8 Å². The molecule has 0 bridgehead atoms. The minimum atomic E-state index is -0.231. The lowest BCUT2D eigenvalue weighted by Crippen LogP contribution is -2.47. The minimum Gasteiger partial charge on any atom is -0.493 e. The molecule has 1 fully saturated rings. The zero-order valence-corrected chi connectivity index (χ0v) is 14.8. The van der Waals surface area contributed by atoms with E-state index in [0.29, 0.717) is 54.5 Å². The van der Waals surface area contributed by atoms with Gasteiger partial charge in [-0.05, 0) is 6.07 Å². The molecule has 3 rings (SSSR count). The van der Waals surface area contributed by atoms with Gasteiger partial charge in [-0.1, -0.05) is 0 Å². The summed E-state index contributed by atoms with van der Waals surface area (Å²) in [6.45, 7) is 2.20. The number of benzene rings is 1. The van der Waals surface area contributed by atoms with Gasteiger partial charge in [-0.3, -0.25) is 10.9 Å². The van der Waals surface area contributed by atoms with Crippen LogP contribution in [0.25, 0.3) is 10.9 Å². The zero-order valence-electron chi connectivity index (χ0n) is 13.9. The maximum Gasteiger partial charge on any atom is 0.336 e. The summed E-state index contributed by atoms with van der Waals surface area (Å²) in [5.74, 6) is 1.61. The fraction of sp³-hybridized carbons (Fsp3) is 0.400. The largest absolute Gasteiger partial charge is 0.493 e. The van der Waals surface area contributed by atoms with Crippen LogP contribution in [0.4, 0.5) is 10.6 Å². The van der Waals surface area contributed by atoms with Crippen molar-refractivity contribution in [3.8, 4) is 11.5 Å². The second-order valence-corrected chi connectivity index (χ2v) is 5.10. The molecule has 1 aliphatic rings. The fourth-order valence-corrected chi connectivity index (χ4v) is 2.44. The molecular weight excluding hydrogens is 350 g/mol. The Bertz CT molecular complexity index is 739. The summed E-state index contributed by atoms with van der Waals surface area (Å²) < 4.78 is 15.8. The van der Waals surface area contributed by atoms with Gasteiger partial charge in [0.1, 0.15) is 6.33 Å². The van der Waals surface area contributed by atoms with E-state index in [9.17, 15) is 4.79 Å². The summed E-state index contributed by atoms with van der Waals surface area (Å²) in [6.07, 6.45) is 1.41. The number of ether oxygens (including phenoxy) is 3. The first-order valence-electron chi connectivity index (χ1n) is 7.48. The highest BCUT2D eigenvalue weighted by molar-refractivity contribution is 5.92. The summed E-state index contributed by atoms with van der Waals surface area (Å²) in [4.78, 5) is 22.2. The van der Waals surface area contributed by atoms with Crippen LogP contribution in [-0.2, 0) is 4.74 Å². The van der Waals surface area contributed by atoms with Crippen LogP contribution in [0.1, 0.15) is 0 Å². The fourth-order valence-electron chi connectivity index (χ4n) is 2.44. The molecule has 2 N–H and O–H groups in total. The van der Waals surface area contributed by atoms with Gasteiger partial charge in [0.05, 0.1) is 33.0 Å². The van der Waals surface area contributed by atoms with Crippen LogP contribution in [0.2, 0.25) is 0 Å². The van der Waals surface area contributed by atoms with E-state index in [1.165, 1.54) is 6.33 Å². The highest BCUT2D eigenvalue weighted by atomic mass is 35.5. The van der Waals surface area contributed by atoms with Crippen LogP contribution in [0.3, 0.4) is 0 Å². The number of morpholine rings is 1. The number of hydrazine groups is 1. The van der Waals surface area contributed by atoms with Crippen molar-refractivity contribution in [1.82, 2.24) is 20.3 Å². The average Bonchev–Trinajstić information content (AvgIpc) is 2.65. The molecule has 1 aliphatic heterocycles. The molecule has 2 amide bonds. The Morgan fingerprint density at radius 1 is 1.16 bits per heavy atom. The molecule has 0 saturated carbocycles. The van der Waals surface area contributed by atoms with Crippen molar-refractivity contribution in [3.05, 3.63) is 18.5 Å². The van der Waals surface area contributed by atoms with Gasteiger partial charge >= 0.3 is 6.03 Å². The van der Waals surface area contributed by atoms with Crippen molar-refractivity contribution in [2.45, 2.75) is 0 Å². The molecule has 0 aliphatic carbocycles. The zero-order chi connectivity index (χ0) is 16.9. The Hall–Kier alpha value is -2.52. The smallest absolute Gasteiger partial charge is 0.336 e. The first kappa shape index (κ1) is 18.8. The van der Waals surface area contributed by atoms with Crippen LogP contribution in [-0.4, -0.2) is 61.4 Å². The molecule has 25 heavy (non-hydrogen) atoms. The first-order chi connectivity index (χ1) is 11.7. The second-order valence-electron chi connectivity index (χ2n) is 5.10. The van der Waals surface area contributed by atoms with E-state index < -0.39 is 0 Å². The monoisotopic (exact) mass is 369 g/mol. The Kier molecular flexibility index (Phi) is 6.43. The van der Waals surface area contributed by atoms with Crippen molar-refractivity contribution in [2.24, 2.45) is 0 Å². The lowest BCUT2D eigenvalue weighted by Gasteiger charge is -2.27. The minimum absolute atomic E-state index is 0. The molecule has 1 saturated heterocycles. The number of nitrogens with zero attached hydrogens (tertiary/aromatic N) is 3. The standard InChI is InChI=1S/C15H19N5O4.ClH/c1-22-12-7-10-11(8-13(12)23-2)16-9-17-14(10)18-19-15(21)20-3-5-24-6-4-20;/h7-9H,3-6H2,1-2H3,(H,19,21)(H,16,17,18);1H. The number of anilines is 1. The Morgan fingerprint density at radius 3 is 2.52 bits per heavy atom. The number of carbonyl (C=O) groups is 1. The van der Waals surface area contributed by atoms with Crippen LogP contribution in [0.5, 0.6) is 11.5 Å². The number of fused-ring (bicyclic) bond motifs is 1. The lowest BCUT2D eigenvalue weighted by atomic mass is 10.2. The quantitative estimate of drug-likeness (QED) is 0.787. The molecule has 0 spiro atoms. The number of aromatic nitrogens is 2. The van der Waals surface area contributed by atoms with E-state index in [4.69, 9.17) is 14.2 Å². The third-order valence-corrected chi connectivity index (χ3v) is 3.73. The van der Waals surface area contributed by atoms with Gasteiger partial charge in [0.2, 0.25) is 0 Å². The molecule has 0 radical (unpaired) electrons. The number of urea groups is 1. The Morgan fingerprint density at radius 2 is 1.84 bits per heavy atom. The second kappa shape index (κ2) is 8.54. The van der Waals surface area contributed by atoms with E-state index in [1.807, 2.05) is 0 Å². The van der Waals surface area contributed by atoms with Gasteiger partial charge in [0.25, 0.3) is 0 Å². The predicted molar refractivity (Wildman–Crippen MR) is 94.4 cm³/mol. The van der Waals surface area contributed by atoms with Crippen molar-refractivity contribution >= 4 is 35.2 Å². The molecule has 0 atom stereocenters. The van der Waals surface area contributed by atoms with Gasteiger partial charge in [-0.2, -0.15) is 0 Å². The van der Waals surface area contributed by atoms with Gasteiger partial charge in [-0.15, -0.1) is 12.4 Å². The summed E-state index contributed by atoms with van der Waals surface area (Å²) in [5, 5.41) is 0.706. The first-order valence-corrected chi connectivity index (χ1v) is 7.48. The van der Waals surface area contributed by atoms with Crippen molar-refractivity contribution in [3.63, 3.8) is 0 Å². The number of rotatable bonds is 4. The van der Waals surface area contributed by atoms with Crippen molar-refractivity contribution in [1.29, 1.82) is 0 Å². The summed E-state index contributed by atoms with van der Waals surface area (Å²) >= 11 is 0. The van der Waals surface area contributed by atoms with Gasteiger partial charge in [0, 0.05) is 24.5 Å². The highest BCUT2D eigenvalue weighted by Crippen LogP contribution is 2.33. The topological polar surface area (TPSA) is 97.8 Å². The third kappa shape index (κ3) is 4.12. The number of methoxy groups -OCH3 is 2. The van der Waals surface area contributed by atoms with E-state index in [0.717, 1.165) is 0 Å². The third-order valence-electron chi connectivity index (χ3n) is 3.73. The molecule has 1 aromatic carbocycles. The number of nitrogens with one attached hydrogen (secondary N) is 2. The van der Waals surface area contributed by atoms with E-state index >= 15 is 0 Å². The molecule has 9 nitrogen and oxygen atoms in total. The van der Waals surface area contributed by atoms with Crippen LogP contribution in [0.15, 0.2) is 18.5 Å². The average molecular weight is 370 g/mol. The SMILES string of the molecule is COc1cc2ncnc(NNC(=O)N3CCOCC3)c2cc1OC.Cl. The van der Waals surface area contributed by atoms with Crippen molar-refractivity contribution < 1.29 is 19.0 Å². The molecule has 0 unspecified atom stereocenters. The molecule has 136 valence electrons. The maximum atomic E-state index is 12.1. The molecular formula is C15H20ClN5O4. The van der Waals surface area contributed by atoms with Crippen molar-refractivity contribution in [2.75, 3.05) is 45.9 Å². The lowest BCUT2D eigenvalue weighted by molar-refractivity contribution is 0.0536. The van der Waals surface area contributed by atoms with Crippen LogP contribution >= 0.6 is 12.4 Å².